The third kappa shape index (κ3) is 3.46. The third-order valence-electron chi connectivity index (χ3n) is 5.10. The molecule has 0 bridgehead atoms. The van der Waals surface area contributed by atoms with E-state index < -0.39 is 0 Å². The Labute approximate surface area is 181 Å². The van der Waals surface area contributed by atoms with Crippen molar-refractivity contribution in [3.8, 4) is 5.69 Å². The molecule has 30 heavy (non-hydrogen) atoms. The van der Waals surface area contributed by atoms with E-state index in [0.29, 0.717) is 10.9 Å². The zero-order chi connectivity index (χ0) is 20.5. The molecule has 0 spiro atoms. The molecule has 4 aromatic carbocycles. The summed E-state index contributed by atoms with van der Waals surface area (Å²) in [6.45, 7) is 0. The number of hydrogen-bond donors (Lipinski definition) is 0. The van der Waals surface area contributed by atoms with Gasteiger partial charge in [0.05, 0.1) is 11.4 Å². The van der Waals surface area contributed by atoms with Crippen molar-refractivity contribution in [3.05, 3.63) is 123 Å². The van der Waals surface area contributed by atoms with Gasteiger partial charge < -0.3 is 0 Å². The maximum Gasteiger partial charge on any atom is 0.264 e. The quantitative estimate of drug-likeness (QED) is 0.316. The zero-order valence-electron chi connectivity index (χ0n) is 16.0. The zero-order valence-corrected chi connectivity index (χ0v) is 17.6. The molecule has 4 heteroatoms. The van der Waals surface area contributed by atoms with Crippen LogP contribution in [0.25, 0.3) is 27.2 Å². The number of rotatable bonds is 2. The Balaban J connectivity index is 1.89. The standard InChI is InChI=1S/C26H17BrN2O/c27-21-11-13-22(14-12-21)28-25-16-10-19-6-3-4-8-24(19)26(30)29(25)23-15-9-18-5-1-2-7-20(18)17-23/h1-17H. The highest BCUT2D eigenvalue weighted by molar-refractivity contribution is 9.10. The van der Waals surface area contributed by atoms with E-state index in [1.54, 1.807) is 4.57 Å². The molecule has 5 rings (SSSR count). The molecular formula is C26H17BrN2O. The molecule has 0 aliphatic carbocycles. The molecule has 0 atom stereocenters. The number of halogens is 1. The highest BCUT2D eigenvalue weighted by Crippen LogP contribution is 2.19. The molecular weight excluding hydrogens is 436 g/mol. The van der Waals surface area contributed by atoms with E-state index in [2.05, 4.69) is 28.1 Å². The van der Waals surface area contributed by atoms with E-state index in [-0.39, 0.29) is 5.56 Å². The van der Waals surface area contributed by atoms with E-state index in [9.17, 15) is 4.79 Å². The molecule has 0 unspecified atom stereocenters. The maximum atomic E-state index is 13.6. The van der Waals surface area contributed by atoms with Gasteiger partial charge in [0, 0.05) is 9.86 Å². The molecule has 144 valence electrons. The van der Waals surface area contributed by atoms with Crippen molar-refractivity contribution in [1.82, 2.24) is 4.57 Å². The molecule has 1 heterocycles. The van der Waals surface area contributed by atoms with Crippen molar-refractivity contribution >= 4 is 43.2 Å². The van der Waals surface area contributed by atoms with Gasteiger partial charge in [-0.05, 0) is 64.7 Å². The summed E-state index contributed by atoms with van der Waals surface area (Å²) >= 11 is 3.46. The summed E-state index contributed by atoms with van der Waals surface area (Å²) in [5.41, 5.74) is 2.05. The van der Waals surface area contributed by atoms with Crippen LogP contribution in [-0.2, 0) is 0 Å². The van der Waals surface area contributed by atoms with E-state index in [4.69, 9.17) is 4.99 Å². The normalized spacial score (nSPS) is 11.8. The fraction of sp³-hybridized carbons (Fsp3) is 0. The van der Waals surface area contributed by atoms with Gasteiger partial charge in [-0.3, -0.25) is 9.36 Å². The lowest BCUT2D eigenvalue weighted by molar-refractivity contribution is 0.933. The average molecular weight is 453 g/mol. The molecule has 3 nitrogen and oxygen atoms in total. The largest absolute Gasteiger partial charge is 0.268 e. The first-order chi connectivity index (χ1) is 14.7. The Bertz CT molecular complexity index is 1520. The van der Waals surface area contributed by atoms with Gasteiger partial charge in [0.25, 0.3) is 5.56 Å². The van der Waals surface area contributed by atoms with Crippen LogP contribution >= 0.6 is 15.9 Å². The van der Waals surface area contributed by atoms with E-state index in [1.807, 2.05) is 91.0 Å². The van der Waals surface area contributed by atoms with Crippen LogP contribution < -0.4 is 11.0 Å². The van der Waals surface area contributed by atoms with E-state index >= 15 is 0 Å². The van der Waals surface area contributed by atoms with Gasteiger partial charge in [0.2, 0.25) is 0 Å². The molecule has 0 fully saturated rings. The molecule has 0 radical (unpaired) electrons. The van der Waals surface area contributed by atoms with Crippen LogP contribution in [0.4, 0.5) is 5.69 Å². The van der Waals surface area contributed by atoms with Crippen LogP contribution in [-0.4, -0.2) is 4.57 Å². The van der Waals surface area contributed by atoms with Crippen molar-refractivity contribution in [2.75, 3.05) is 0 Å². The first-order valence-electron chi connectivity index (χ1n) is 9.64. The summed E-state index contributed by atoms with van der Waals surface area (Å²) < 4.78 is 2.68. The summed E-state index contributed by atoms with van der Waals surface area (Å²) in [5, 5.41) is 3.75. The topological polar surface area (TPSA) is 34.4 Å². The van der Waals surface area contributed by atoms with Crippen LogP contribution in [0.3, 0.4) is 0 Å². The lowest BCUT2D eigenvalue weighted by atomic mass is 10.1. The first-order valence-corrected chi connectivity index (χ1v) is 10.4. The van der Waals surface area contributed by atoms with Crippen molar-refractivity contribution in [2.45, 2.75) is 0 Å². The number of benzene rings is 4. The second kappa shape index (κ2) is 7.73. The Hall–Kier alpha value is -3.50. The van der Waals surface area contributed by atoms with E-state index in [1.165, 1.54) is 0 Å². The SMILES string of the molecule is O=c1c2ccccc2ccc(=Nc2ccc(Br)cc2)n1-c1ccc2ccccc2c1. The second-order valence-electron chi connectivity index (χ2n) is 7.04. The van der Waals surface area contributed by atoms with Gasteiger partial charge in [-0.2, -0.15) is 0 Å². The number of fused-ring (bicyclic) bond motifs is 2. The minimum Gasteiger partial charge on any atom is -0.268 e. The molecule has 0 aliphatic rings. The van der Waals surface area contributed by atoms with Gasteiger partial charge in [0.15, 0.2) is 0 Å². The summed E-state index contributed by atoms with van der Waals surface area (Å²) in [4.78, 5) is 18.4. The minimum absolute atomic E-state index is 0.0956. The van der Waals surface area contributed by atoms with Crippen molar-refractivity contribution < 1.29 is 0 Å². The van der Waals surface area contributed by atoms with Gasteiger partial charge >= 0.3 is 0 Å². The number of aromatic nitrogens is 1. The third-order valence-corrected chi connectivity index (χ3v) is 5.63. The van der Waals surface area contributed by atoms with Crippen molar-refractivity contribution in [2.24, 2.45) is 4.99 Å². The number of hydrogen-bond acceptors (Lipinski definition) is 2. The average Bonchev–Trinajstić information content (AvgIpc) is 2.92. The molecule has 1 aromatic heterocycles. The smallest absolute Gasteiger partial charge is 0.264 e. The van der Waals surface area contributed by atoms with Crippen molar-refractivity contribution in [1.29, 1.82) is 0 Å². The fourth-order valence-electron chi connectivity index (χ4n) is 3.60. The van der Waals surface area contributed by atoms with Gasteiger partial charge in [-0.15, -0.1) is 0 Å². The Morgan fingerprint density at radius 1 is 0.667 bits per heavy atom. The Morgan fingerprint density at radius 3 is 2.13 bits per heavy atom. The van der Waals surface area contributed by atoms with Crippen LogP contribution in [0.5, 0.6) is 0 Å². The summed E-state index contributed by atoms with van der Waals surface area (Å²) in [7, 11) is 0. The van der Waals surface area contributed by atoms with Gasteiger partial charge in [0.1, 0.15) is 5.49 Å². The van der Waals surface area contributed by atoms with E-state index in [0.717, 1.165) is 32.0 Å². The molecule has 0 amide bonds. The summed E-state index contributed by atoms with van der Waals surface area (Å²) in [6, 6.07) is 33.4. The highest BCUT2D eigenvalue weighted by atomic mass is 79.9. The summed E-state index contributed by atoms with van der Waals surface area (Å²) in [6.07, 6.45) is 0. The predicted octanol–water partition coefficient (Wildman–Crippen LogP) is 6.14. The Morgan fingerprint density at radius 2 is 1.33 bits per heavy atom. The fourth-order valence-corrected chi connectivity index (χ4v) is 3.87. The van der Waals surface area contributed by atoms with Crippen LogP contribution in [0.15, 0.2) is 117 Å². The minimum atomic E-state index is -0.0956. The highest BCUT2D eigenvalue weighted by Gasteiger charge is 2.07. The molecule has 5 aromatic rings. The molecule has 0 aliphatic heterocycles. The maximum absolute atomic E-state index is 13.6. The summed E-state index contributed by atoms with van der Waals surface area (Å²) in [5.74, 6) is 0. The first kappa shape index (κ1) is 18.5. The van der Waals surface area contributed by atoms with Gasteiger partial charge in [-0.1, -0.05) is 70.5 Å². The van der Waals surface area contributed by atoms with Gasteiger partial charge in [-0.25, -0.2) is 4.99 Å². The lowest BCUT2D eigenvalue weighted by Gasteiger charge is -2.07. The lowest BCUT2D eigenvalue weighted by Crippen LogP contribution is -2.28. The second-order valence-corrected chi connectivity index (χ2v) is 7.95. The molecule has 0 saturated heterocycles. The number of nitrogens with zero attached hydrogens (tertiary/aromatic N) is 2. The van der Waals surface area contributed by atoms with Crippen LogP contribution in [0.2, 0.25) is 0 Å². The monoisotopic (exact) mass is 452 g/mol. The van der Waals surface area contributed by atoms with Crippen LogP contribution in [0, 0.1) is 0 Å². The van der Waals surface area contributed by atoms with Crippen LogP contribution in [0.1, 0.15) is 0 Å². The molecule has 0 saturated carbocycles. The molecule has 0 N–H and O–H groups in total. The Kier molecular flexibility index (Phi) is 4.77. The predicted molar refractivity (Wildman–Crippen MR) is 126 cm³/mol. The van der Waals surface area contributed by atoms with Crippen molar-refractivity contribution in [3.63, 3.8) is 0 Å².